The molecule has 0 heterocycles. The number of carbonyl (C=O) groups excluding carboxylic acids is 3. The summed E-state index contributed by atoms with van der Waals surface area (Å²) in [7, 11) is 0. The minimum atomic E-state index is -0.995. The van der Waals surface area contributed by atoms with E-state index >= 15 is 0 Å². The third-order valence-electron chi connectivity index (χ3n) is 5.41. The third-order valence-corrected chi connectivity index (χ3v) is 5.41. The maximum Gasteiger partial charge on any atom is 0.303 e. The summed E-state index contributed by atoms with van der Waals surface area (Å²) in [5.74, 6) is -2.34. The summed E-state index contributed by atoms with van der Waals surface area (Å²) in [6, 6.07) is 23.6. The molecular formula is C28H28O5. The summed E-state index contributed by atoms with van der Waals surface area (Å²) in [5, 5.41) is 0. The molecule has 0 N–H and O–H groups in total. The number of hydrogen-bond donors (Lipinski definition) is 0. The number of benzene rings is 3. The lowest BCUT2D eigenvalue weighted by molar-refractivity contribution is -0.157. The van der Waals surface area contributed by atoms with Crippen molar-refractivity contribution in [2.75, 3.05) is 0 Å². The van der Waals surface area contributed by atoms with E-state index < -0.39 is 30.1 Å². The second kappa shape index (κ2) is 10.7. The van der Waals surface area contributed by atoms with Crippen LogP contribution in [0.1, 0.15) is 58.7 Å². The molecule has 0 bridgehead atoms. The van der Waals surface area contributed by atoms with Crippen LogP contribution in [0.25, 0.3) is 0 Å². The summed E-state index contributed by atoms with van der Waals surface area (Å²) in [6.45, 7) is 6.51. The van der Waals surface area contributed by atoms with Gasteiger partial charge in [0.25, 0.3) is 0 Å². The lowest BCUT2D eigenvalue weighted by Crippen LogP contribution is -2.33. The van der Waals surface area contributed by atoms with Gasteiger partial charge in [-0.3, -0.25) is 14.4 Å². The first kappa shape index (κ1) is 23.9. The van der Waals surface area contributed by atoms with Crippen LogP contribution in [0.5, 0.6) is 0 Å². The van der Waals surface area contributed by atoms with Crippen LogP contribution >= 0.6 is 0 Å². The smallest absolute Gasteiger partial charge is 0.303 e. The topological polar surface area (TPSA) is 69.7 Å². The monoisotopic (exact) mass is 444 g/mol. The fourth-order valence-corrected chi connectivity index (χ4v) is 3.80. The number of rotatable bonds is 8. The van der Waals surface area contributed by atoms with Crippen molar-refractivity contribution in [1.29, 1.82) is 0 Å². The van der Waals surface area contributed by atoms with Crippen LogP contribution in [0.15, 0.2) is 78.9 Å². The van der Waals surface area contributed by atoms with E-state index in [4.69, 9.17) is 9.47 Å². The number of esters is 2. The van der Waals surface area contributed by atoms with Crippen LogP contribution in [0.3, 0.4) is 0 Å². The van der Waals surface area contributed by atoms with Gasteiger partial charge in [0.1, 0.15) is 18.1 Å². The molecular weight excluding hydrogens is 416 g/mol. The Morgan fingerprint density at radius 1 is 0.606 bits per heavy atom. The molecule has 0 aromatic heterocycles. The largest absolute Gasteiger partial charge is 0.457 e. The molecule has 0 aliphatic heterocycles. The summed E-state index contributed by atoms with van der Waals surface area (Å²) in [6.07, 6.45) is -1.91. The minimum Gasteiger partial charge on any atom is -0.457 e. The predicted octanol–water partition coefficient (Wildman–Crippen LogP) is 5.71. The van der Waals surface area contributed by atoms with Gasteiger partial charge in [0.15, 0.2) is 5.78 Å². The Hall–Kier alpha value is -3.73. The van der Waals surface area contributed by atoms with Crippen molar-refractivity contribution in [1.82, 2.24) is 0 Å². The van der Waals surface area contributed by atoms with Gasteiger partial charge in [0, 0.05) is 19.4 Å². The SMILES string of the molecule is CC(=O)O[C@@H](c1ccc(C)cc1)C(C(=O)c1ccccc1)[C@@H](OC(C)=O)c1ccc(C)cc1. The van der Waals surface area contributed by atoms with E-state index in [9.17, 15) is 14.4 Å². The number of ether oxygens (including phenoxy) is 2. The zero-order valence-corrected chi connectivity index (χ0v) is 19.3. The summed E-state index contributed by atoms with van der Waals surface area (Å²) >= 11 is 0. The van der Waals surface area contributed by atoms with Gasteiger partial charge in [0.2, 0.25) is 0 Å². The summed E-state index contributed by atoms with van der Waals surface area (Å²) in [4.78, 5) is 38.2. The average molecular weight is 445 g/mol. The van der Waals surface area contributed by atoms with Gasteiger partial charge in [-0.05, 0) is 25.0 Å². The lowest BCUT2D eigenvalue weighted by atomic mass is 9.81. The molecule has 0 saturated carbocycles. The number of carbonyl (C=O) groups is 3. The highest BCUT2D eigenvalue weighted by molar-refractivity contribution is 5.99. The van der Waals surface area contributed by atoms with E-state index in [2.05, 4.69) is 0 Å². The van der Waals surface area contributed by atoms with Crippen molar-refractivity contribution < 1.29 is 23.9 Å². The zero-order valence-electron chi connectivity index (χ0n) is 19.3. The van der Waals surface area contributed by atoms with Crippen LogP contribution in [0.2, 0.25) is 0 Å². The fraction of sp³-hybridized carbons (Fsp3) is 0.250. The Bertz CT molecular complexity index is 1040. The molecule has 3 rings (SSSR count). The number of hydrogen-bond acceptors (Lipinski definition) is 5. The number of aryl methyl sites for hydroxylation is 2. The molecule has 3 aromatic carbocycles. The van der Waals surface area contributed by atoms with E-state index in [1.807, 2.05) is 68.4 Å². The van der Waals surface area contributed by atoms with Crippen molar-refractivity contribution in [2.24, 2.45) is 5.92 Å². The maximum absolute atomic E-state index is 13.9. The molecule has 0 amide bonds. The summed E-state index contributed by atoms with van der Waals surface area (Å²) in [5.41, 5.74) is 3.79. The van der Waals surface area contributed by atoms with Crippen molar-refractivity contribution in [2.45, 2.75) is 39.9 Å². The number of Topliss-reactive ketones (excluding diaryl/α,β-unsaturated/α-hetero) is 1. The van der Waals surface area contributed by atoms with E-state index in [0.29, 0.717) is 16.7 Å². The molecule has 170 valence electrons. The highest BCUT2D eigenvalue weighted by Gasteiger charge is 2.41. The predicted molar refractivity (Wildman–Crippen MR) is 126 cm³/mol. The van der Waals surface area contributed by atoms with E-state index in [1.54, 1.807) is 24.3 Å². The second-order valence-corrected chi connectivity index (χ2v) is 8.14. The van der Waals surface area contributed by atoms with Crippen molar-refractivity contribution >= 4 is 17.7 Å². The Labute approximate surface area is 194 Å². The minimum absolute atomic E-state index is 0.283. The summed E-state index contributed by atoms with van der Waals surface area (Å²) < 4.78 is 11.5. The van der Waals surface area contributed by atoms with Gasteiger partial charge in [-0.2, -0.15) is 0 Å². The Morgan fingerprint density at radius 2 is 1.00 bits per heavy atom. The normalized spacial score (nSPS) is 12.6. The molecule has 5 heteroatoms. The molecule has 0 radical (unpaired) electrons. The Kier molecular flexibility index (Phi) is 7.78. The fourth-order valence-electron chi connectivity index (χ4n) is 3.80. The molecule has 0 spiro atoms. The maximum atomic E-state index is 13.9. The quantitative estimate of drug-likeness (QED) is 0.329. The van der Waals surface area contributed by atoms with Crippen LogP contribution in [-0.4, -0.2) is 17.7 Å². The molecule has 2 atom stereocenters. The molecule has 3 aromatic rings. The molecule has 5 nitrogen and oxygen atoms in total. The van der Waals surface area contributed by atoms with Gasteiger partial charge in [-0.25, -0.2) is 0 Å². The van der Waals surface area contributed by atoms with Gasteiger partial charge in [-0.15, -0.1) is 0 Å². The van der Waals surface area contributed by atoms with Crippen LogP contribution in [0.4, 0.5) is 0 Å². The molecule has 0 fully saturated rings. The van der Waals surface area contributed by atoms with Crippen molar-refractivity contribution in [3.8, 4) is 0 Å². The first-order valence-corrected chi connectivity index (χ1v) is 10.8. The lowest BCUT2D eigenvalue weighted by Gasteiger charge is -2.32. The van der Waals surface area contributed by atoms with Gasteiger partial charge in [-0.1, -0.05) is 90.0 Å². The van der Waals surface area contributed by atoms with Crippen LogP contribution < -0.4 is 0 Å². The number of ketones is 1. The molecule has 0 aliphatic rings. The first-order chi connectivity index (χ1) is 15.8. The molecule has 0 unspecified atom stereocenters. The highest BCUT2D eigenvalue weighted by Crippen LogP contribution is 2.40. The third kappa shape index (κ3) is 6.16. The van der Waals surface area contributed by atoms with Gasteiger partial charge in [0.05, 0.1) is 0 Å². The van der Waals surface area contributed by atoms with Gasteiger partial charge < -0.3 is 9.47 Å². The first-order valence-electron chi connectivity index (χ1n) is 10.8. The van der Waals surface area contributed by atoms with E-state index in [-0.39, 0.29) is 5.78 Å². The average Bonchev–Trinajstić information content (AvgIpc) is 2.79. The van der Waals surface area contributed by atoms with E-state index in [0.717, 1.165) is 11.1 Å². The van der Waals surface area contributed by atoms with Crippen molar-refractivity contribution in [3.05, 3.63) is 107 Å². The van der Waals surface area contributed by atoms with E-state index in [1.165, 1.54) is 13.8 Å². The Morgan fingerprint density at radius 3 is 1.36 bits per heavy atom. The van der Waals surface area contributed by atoms with Crippen molar-refractivity contribution in [3.63, 3.8) is 0 Å². The highest BCUT2D eigenvalue weighted by atomic mass is 16.6. The molecule has 33 heavy (non-hydrogen) atoms. The molecule has 0 aliphatic carbocycles. The van der Waals surface area contributed by atoms with Crippen LogP contribution in [-0.2, 0) is 19.1 Å². The standard InChI is InChI=1S/C28H28O5/c1-18-10-14-23(15-11-18)27(32-20(3)29)25(26(31)22-8-6-5-7-9-22)28(33-21(4)30)24-16-12-19(2)13-17-24/h5-17,25,27-28H,1-4H3/t27-,28-/m0/s1. The van der Waals surface area contributed by atoms with Gasteiger partial charge >= 0.3 is 11.9 Å². The zero-order chi connectivity index (χ0) is 24.0. The Balaban J connectivity index is 2.21. The molecule has 0 saturated heterocycles. The van der Waals surface area contributed by atoms with Crippen LogP contribution in [0, 0.1) is 19.8 Å². The second-order valence-electron chi connectivity index (χ2n) is 8.14.